The molecule has 2 aliphatic heterocycles. The number of nitrogens with one attached hydrogen (secondary N) is 2. The Morgan fingerprint density at radius 1 is 1.24 bits per heavy atom. The molecule has 8 heteroatoms. The van der Waals surface area contributed by atoms with Gasteiger partial charge in [-0.05, 0) is 17.5 Å². The van der Waals surface area contributed by atoms with Crippen molar-refractivity contribution in [2.45, 2.75) is 25.3 Å². The molecule has 0 aliphatic carbocycles. The summed E-state index contributed by atoms with van der Waals surface area (Å²) in [6.07, 6.45) is 0.560. The van der Waals surface area contributed by atoms with Crippen LogP contribution in [0.5, 0.6) is 0 Å². The summed E-state index contributed by atoms with van der Waals surface area (Å²) in [5, 5.41) is 11.8. The number of H-pyrrole nitrogens is 1. The molecule has 0 saturated carbocycles. The molecule has 3 heterocycles. The molecule has 0 spiro atoms. The first kappa shape index (κ1) is 15.4. The maximum absolute atomic E-state index is 12.5. The van der Waals surface area contributed by atoms with Gasteiger partial charge in [0.15, 0.2) is 0 Å². The molecule has 1 aromatic heterocycles. The van der Waals surface area contributed by atoms with Gasteiger partial charge in [-0.25, -0.2) is 0 Å². The number of hydrogen-bond acceptors (Lipinski definition) is 5. The standard InChI is InChI=1S/C17H16N4O4/c22-12-7-11(16(24)25)13-14(18-12)19-17(20-15(13)23)21-6-5-9-3-1-2-4-10(9)8-21/h1-4,11H,5-8H2,(H,24,25)(H2,18,19,20,22,23). The Morgan fingerprint density at radius 3 is 2.76 bits per heavy atom. The molecule has 1 unspecified atom stereocenters. The Hall–Kier alpha value is -3.16. The van der Waals surface area contributed by atoms with Crippen LogP contribution >= 0.6 is 0 Å². The number of carboxylic acid groups (broad SMARTS) is 1. The van der Waals surface area contributed by atoms with Crippen molar-refractivity contribution in [3.05, 3.63) is 51.3 Å². The van der Waals surface area contributed by atoms with Crippen LogP contribution in [-0.4, -0.2) is 33.5 Å². The van der Waals surface area contributed by atoms with E-state index in [2.05, 4.69) is 21.4 Å². The number of fused-ring (bicyclic) bond motifs is 2. The number of carbonyl (C=O) groups is 2. The van der Waals surface area contributed by atoms with E-state index in [4.69, 9.17) is 0 Å². The van der Waals surface area contributed by atoms with Crippen LogP contribution in [0.25, 0.3) is 0 Å². The minimum Gasteiger partial charge on any atom is -0.481 e. The van der Waals surface area contributed by atoms with Gasteiger partial charge in [0.25, 0.3) is 5.56 Å². The second kappa shape index (κ2) is 5.73. The van der Waals surface area contributed by atoms with E-state index in [9.17, 15) is 19.5 Å². The number of hydrogen-bond donors (Lipinski definition) is 3. The van der Waals surface area contributed by atoms with Gasteiger partial charge in [-0.15, -0.1) is 0 Å². The summed E-state index contributed by atoms with van der Waals surface area (Å²) in [4.78, 5) is 44.5. The topological polar surface area (TPSA) is 115 Å². The molecule has 128 valence electrons. The molecule has 25 heavy (non-hydrogen) atoms. The van der Waals surface area contributed by atoms with Crippen LogP contribution in [0.1, 0.15) is 29.0 Å². The lowest BCUT2D eigenvalue weighted by Gasteiger charge is -2.30. The van der Waals surface area contributed by atoms with Gasteiger partial charge >= 0.3 is 5.97 Å². The smallest absolute Gasteiger partial charge is 0.311 e. The highest BCUT2D eigenvalue weighted by Gasteiger charge is 2.35. The summed E-state index contributed by atoms with van der Waals surface area (Å²) >= 11 is 0. The zero-order valence-electron chi connectivity index (χ0n) is 13.3. The molecule has 1 amide bonds. The van der Waals surface area contributed by atoms with Crippen molar-refractivity contribution >= 4 is 23.6 Å². The minimum atomic E-state index is -1.21. The van der Waals surface area contributed by atoms with E-state index in [1.165, 1.54) is 5.56 Å². The number of rotatable bonds is 2. The van der Waals surface area contributed by atoms with Crippen LogP contribution in [0.15, 0.2) is 29.1 Å². The van der Waals surface area contributed by atoms with Crippen LogP contribution in [0.2, 0.25) is 0 Å². The zero-order valence-corrected chi connectivity index (χ0v) is 13.3. The number of amides is 1. The summed E-state index contributed by atoms with van der Waals surface area (Å²) in [5.74, 6) is -2.45. The SMILES string of the molecule is O=C1CC(C(=O)O)c2c(nc(N3CCc4ccccc4C3)[nH]c2=O)N1. The van der Waals surface area contributed by atoms with Gasteiger partial charge in [0.2, 0.25) is 11.9 Å². The molecule has 4 rings (SSSR count). The Bertz CT molecular complexity index is 936. The van der Waals surface area contributed by atoms with Crippen molar-refractivity contribution in [2.75, 3.05) is 16.8 Å². The number of carbonyl (C=O) groups excluding carboxylic acids is 1. The molecule has 0 bridgehead atoms. The average Bonchev–Trinajstić information content (AvgIpc) is 2.60. The molecule has 1 atom stereocenters. The molecule has 8 nitrogen and oxygen atoms in total. The molecule has 2 aromatic rings. The van der Waals surface area contributed by atoms with E-state index in [1.54, 1.807) is 0 Å². The highest BCUT2D eigenvalue weighted by atomic mass is 16.4. The molecule has 1 aromatic carbocycles. The molecular formula is C17H16N4O4. The number of nitrogens with zero attached hydrogens (tertiary/aromatic N) is 2. The predicted molar refractivity (Wildman–Crippen MR) is 89.7 cm³/mol. The van der Waals surface area contributed by atoms with Gasteiger partial charge in [0.1, 0.15) is 5.82 Å². The fourth-order valence-corrected chi connectivity index (χ4v) is 3.40. The maximum atomic E-state index is 12.5. The molecule has 0 fully saturated rings. The Morgan fingerprint density at radius 2 is 2.00 bits per heavy atom. The van der Waals surface area contributed by atoms with E-state index < -0.39 is 23.4 Å². The molecule has 0 saturated heterocycles. The number of aliphatic carboxylic acids is 1. The van der Waals surface area contributed by atoms with Gasteiger partial charge in [0.05, 0.1) is 11.5 Å². The van der Waals surface area contributed by atoms with Crippen LogP contribution < -0.4 is 15.8 Å². The lowest BCUT2D eigenvalue weighted by molar-refractivity contribution is -0.140. The summed E-state index contributed by atoms with van der Waals surface area (Å²) < 4.78 is 0. The van der Waals surface area contributed by atoms with Gasteiger partial charge in [-0.2, -0.15) is 4.98 Å². The largest absolute Gasteiger partial charge is 0.481 e. The monoisotopic (exact) mass is 340 g/mol. The highest BCUT2D eigenvalue weighted by Crippen LogP contribution is 2.30. The number of benzene rings is 1. The fourth-order valence-electron chi connectivity index (χ4n) is 3.40. The van der Waals surface area contributed by atoms with Gasteiger partial charge in [-0.1, -0.05) is 24.3 Å². The van der Waals surface area contributed by atoms with E-state index in [-0.39, 0.29) is 17.8 Å². The lowest BCUT2D eigenvalue weighted by atomic mass is 9.94. The Labute approximate surface area is 142 Å². The third-order valence-electron chi connectivity index (χ3n) is 4.67. The minimum absolute atomic E-state index is 0.00765. The van der Waals surface area contributed by atoms with Crippen molar-refractivity contribution in [3.8, 4) is 0 Å². The third-order valence-corrected chi connectivity index (χ3v) is 4.67. The first-order valence-corrected chi connectivity index (χ1v) is 8.01. The number of aromatic amines is 1. The lowest BCUT2D eigenvalue weighted by Crippen LogP contribution is -2.37. The van der Waals surface area contributed by atoms with Crippen molar-refractivity contribution in [1.82, 2.24) is 9.97 Å². The van der Waals surface area contributed by atoms with Gasteiger partial charge < -0.3 is 15.3 Å². The van der Waals surface area contributed by atoms with E-state index in [0.717, 1.165) is 12.0 Å². The highest BCUT2D eigenvalue weighted by molar-refractivity contribution is 5.98. The number of anilines is 2. The second-order valence-electron chi connectivity index (χ2n) is 6.24. The first-order chi connectivity index (χ1) is 12.0. The average molecular weight is 340 g/mol. The van der Waals surface area contributed by atoms with Crippen LogP contribution in [0.4, 0.5) is 11.8 Å². The van der Waals surface area contributed by atoms with Crippen molar-refractivity contribution in [1.29, 1.82) is 0 Å². The zero-order chi connectivity index (χ0) is 17.6. The van der Waals surface area contributed by atoms with Crippen molar-refractivity contribution < 1.29 is 14.7 Å². The van der Waals surface area contributed by atoms with Gasteiger partial charge in [-0.3, -0.25) is 19.4 Å². The molecular weight excluding hydrogens is 324 g/mol. The van der Waals surface area contributed by atoms with Crippen LogP contribution in [0, 0.1) is 0 Å². The number of carboxylic acids is 1. The third kappa shape index (κ3) is 2.65. The van der Waals surface area contributed by atoms with E-state index >= 15 is 0 Å². The van der Waals surface area contributed by atoms with E-state index in [0.29, 0.717) is 19.0 Å². The Kier molecular flexibility index (Phi) is 3.52. The summed E-state index contributed by atoms with van der Waals surface area (Å²) in [6.45, 7) is 1.27. The second-order valence-corrected chi connectivity index (χ2v) is 6.24. The molecule has 2 aliphatic rings. The molecule has 0 radical (unpaired) electrons. The van der Waals surface area contributed by atoms with Crippen LogP contribution in [0.3, 0.4) is 0 Å². The Balaban J connectivity index is 1.73. The normalized spacial score (nSPS) is 19.0. The van der Waals surface area contributed by atoms with Crippen molar-refractivity contribution in [2.24, 2.45) is 0 Å². The van der Waals surface area contributed by atoms with Crippen molar-refractivity contribution in [3.63, 3.8) is 0 Å². The summed E-state index contributed by atoms with van der Waals surface area (Å²) in [7, 11) is 0. The maximum Gasteiger partial charge on any atom is 0.311 e. The molecule has 3 N–H and O–H groups in total. The van der Waals surface area contributed by atoms with Gasteiger partial charge in [0, 0.05) is 19.5 Å². The summed E-state index contributed by atoms with van der Waals surface area (Å²) in [6, 6.07) is 8.06. The summed E-state index contributed by atoms with van der Waals surface area (Å²) in [5.41, 5.74) is 1.90. The van der Waals surface area contributed by atoms with E-state index in [1.807, 2.05) is 23.1 Å². The van der Waals surface area contributed by atoms with Crippen LogP contribution in [-0.2, 0) is 22.6 Å². The number of aromatic nitrogens is 2. The first-order valence-electron chi connectivity index (χ1n) is 8.01. The quantitative estimate of drug-likeness (QED) is 0.746. The fraction of sp³-hybridized carbons (Fsp3) is 0.294. The predicted octanol–water partition coefficient (Wildman–Crippen LogP) is 0.843.